The second kappa shape index (κ2) is 7.43. The van der Waals surface area contributed by atoms with Crippen molar-refractivity contribution in [3.63, 3.8) is 0 Å². The van der Waals surface area contributed by atoms with E-state index in [1.54, 1.807) is 12.1 Å². The number of hydrogen-bond donors (Lipinski definition) is 2. The van der Waals surface area contributed by atoms with Gasteiger partial charge in [0.25, 0.3) is 0 Å². The van der Waals surface area contributed by atoms with E-state index in [9.17, 15) is 4.39 Å². The lowest BCUT2D eigenvalue weighted by Crippen LogP contribution is -2.03. The van der Waals surface area contributed by atoms with E-state index in [2.05, 4.69) is 17.2 Å². The van der Waals surface area contributed by atoms with Crippen LogP contribution in [0.4, 0.5) is 10.1 Å². The van der Waals surface area contributed by atoms with Gasteiger partial charge in [0.15, 0.2) is 0 Å². The van der Waals surface area contributed by atoms with E-state index in [-0.39, 0.29) is 5.82 Å². The lowest BCUT2D eigenvalue weighted by molar-refractivity contribution is 0.627. The number of nitrogens with zero attached hydrogens (tertiary/aromatic N) is 1. The van der Waals surface area contributed by atoms with Gasteiger partial charge in [-0.1, -0.05) is 31.5 Å². The maximum atomic E-state index is 13.0. The van der Waals surface area contributed by atoms with Crippen LogP contribution in [0.3, 0.4) is 0 Å². The number of benzene rings is 2. The predicted octanol–water partition coefficient (Wildman–Crippen LogP) is 5.46. The number of hydrogen-bond acceptors (Lipinski definition) is 3. The van der Waals surface area contributed by atoms with Gasteiger partial charge < -0.3 is 10.7 Å². The number of rotatable bonds is 6. The molecule has 0 radical (unpaired) electrons. The maximum Gasteiger partial charge on any atom is 0.123 e. The van der Waals surface area contributed by atoms with Crippen molar-refractivity contribution in [1.82, 2.24) is 4.98 Å². The third kappa shape index (κ3) is 4.02. The summed E-state index contributed by atoms with van der Waals surface area (Å²) in [5.41, 5.74) is 5.41. The molecule has 0 unspecified atom stereocenters. The summed E-state index contributed by atoms with van der Waals surface area (Å²) in [6, 6.07) is 14.5. The normalized spacial score (nSPS) is 10.8. The van der Waals surface area contributed by atoms with Crippen LogP contribution < -0.4 is 5.32 Å². The standard InChI is InChI=1S/C21H22FN3/c1-3-4-20(23)19-11-14(2)25-21-12-17(9-10-18(19)21)24-13-15-5-7-16(22)8-6-15/h5-12,23-24H,3-4,13H2,1-2H3. The largest absolute Gasteiger partial charge is 0.381 e. The number of nitrogens with one attached hydrogen (secondary N) is 2. The summed E-state index contributed by atoms with van der Waals surface area (Å²) < 4.78 is 13.0. The molecule has 0 atom stereocenters. The van der Waals surface area contributed by atoms with Crippen molar-refractivity contribution in [3.8, 4) is 0 Å². The molecule has 4 heteroatoms. The quantitative estimate of drug-likeness (QED) is 0.587. The minimum atomic E-state index is -0.226. The van der Waals surface area contributed by atoms with Gasteiger partial charge >= 0.3 is 0 Å². The van der Waals surface area contributed by atoms with E-state index in [1.165, 1.54) is 12.1 Å². The van der Waals surface area contributed by atoms with Gasteiger partial charge in [0, 0.05) is 34.6 Å². The number of halogens is 1. The van der Waals surface area contributed by atoms with Crippen LogP contribution in [0.1, 0.15) is 36.6 Å². The van der Waals surface area contributed by atoms with E-state index in [0.717, 1.165) is 46.3 Å². The van der Waals surface area contributed by atoms with Crippen LogP contribution in [0, 0.1) is 18.2 Å². The first kappa shape index (κ1) is 17.1. The topological polar surface area (TPSA) is 48.8 Å². The molecule has 2 aromatic carbocycles. The monoisotopic (exact) mass is 335 g/mol. The molecule has 1 aromatic heterocycles. The van der Waals surface area contributed by atoms with Crippen molar-refractivity contribution in [1.29, 1.82) is 5.41 Å². The zero-order valence-corrected chi connectivity index (χ0v) is 14.6. The Labute approximate surface area is 147 Å². The average Bonchev–Trinajstić information content (AvgIpc) is 2.60. The predicted molar refractivity (Wildman–Crippen MR) is 102 cm³/mol. The van der Waals surface area contributed by atoms with Crippen molar-refractivity contribution in [2.24, 2.45) is 0 Å². The summed E-state index contributed by atoms with van der Waals surface area (Å²) in [5, 5.41) is 12.7. The molecule has 0 spiro atoms. The highest BCUT2D eigenvalue weighted by atomic mass is 19.1. The molecule has 25 heavy (non-hydrogen) atoms. The fourth-order valence-electron chi connectivity index (χ4n) is 2.91. The highest BCUT2D eigenvalue weighted by Gasteiger charge is 2.09. The summed E-state index contributed by atoms with van der Waals surface area (Å²) in [6.45, 7) is 4.67. The van der Waals surface area contributed by atoms with E-state index in [1.807, 2.05) is 31.2 Å². The van der Waals surface area contributed by atoms with Crippen molar-refractivity contribution in [2.45, 2.75) is 33.2 Å². The van der Waals surface area contributed by atoms with Crippen molar-refractivity contribution < 1.29 is 4.39 Å². The molecule has 3 nitrogen and oxygen atoms in total. The van der Waals surface area contributed by atoms with Crippen LogP contribution in [0.15, 0.2) is 48.5 Å². The number of anilines is 1. The van der Waals surface area contributed by atoms with Gasteiger partial charge in [-0.05, 0) is 49.2 Å². The molecule has 0 bridgehead atoms. The summed E-state index contributed by atoms with van der Waals surface area (Å²) in [5.74, 6) is -0.226. The number of aromatic nitrogens is 1. The minimum absolute atomic E-state index is 0.226. The Balaban J connectivity index is 1.86. The molecular weight excluding hydrogens is 313 g/mol. The molecule has 3 rings (SSSR count). The number of aryl methyl sites for hydroxylation is 1. The van der Waals surface area contributed by atoms with Crippen LogP contribution in [0.25, 0.3) is 10.9 Å². The average molecular weight is 335 g/mol. The summed E-state index contributed by atoms with van der Waals surface area (Å²) >= 11 is 0. The van der Waals surface area contributed by atoms with Gasteiger partial charge in [-0.25, -0.2) is 4.39 Å². The lowest BCUT2D eigenvalue weighted by Gasteiger charge is -2.12. The third-order valence-electron chi connectivity index (χ3n) is 4.17. The number of fused-ring (bicyclic) bond motifs is 1. The first-order chi connectivity index (χ1) is 12.1. The van der Waals surface area contributed by atoms with Crippen LogP contribution in [0.2, 0.25) is 0 Å². The SMILES string of the molecule is CCCC(=N)c1cc(C)nc2cc(NCc3ccc(F)cc3)ccc12. The van der Waals surface area contributed by atoms with Gasteiger partial charge in [0.05, 0.1) is 5.52 Å². The van der Waals surface area contributed by atoms with Gasteiger partial charge in [-0.3, -0.25) is 4.98 Å². The van der Waals surface area contributed by atoms with Crippen LogP contribution in [-0.2, 0) is 6.54 Å². The molecule has 0 amide bonds. The molecule has 128 valence electrons. The molecule has 0 aliphatic carbocycles. The minimum Gasteiger partial charge on any atom is -0.381 e. The van der Waals surface area contributed by atoms with Crippen molar-refractivity contribution >= 4 is 22.3 Å². The summed E-state index contributed by atoms with van der Waals surface area (Å²) in [6.07, 6.45) is 1.72. The Morgan fingerprint density at radius 3 is 2.60 bits per heavy atom. The molecule has 0 saturated heterocycles. The first-order valence-corrected chi connectivity index (χ1v) is 8.54. The van der Waals surface area contributed by atoms with E-state index < -0.39 is 0 Å². The summed E-state index contributed by atoms with van der Waals surface area (Å²) in [4.78, 5) is 4.62. The van der Waals surface area contributed by atoms with Gasteiger partial charge in [-0.2, -0.15) is 0 Å². The highest BCUT2D eigenvalue weighted by Crippen LogP contribution is 2.24. The molecule has 3 aromatic rings. The highest BCUT2D eigenvalue weighted by molar-refractivity contribution is 6.09. The first-order valence-electron chi connectivity index (χ1n) is 8.54. The zero-order chi connectivity index (χ0) is 17.8. The Kier molecular flexibility index (Phi) is 5.08. The Morgan fingerprint density at radius 2 is 1.88 bits per heavy atom. The molecule has 2 N–H and O–H groups in total. The van der Waals surface area contributed by atoms with E-state index in [4.69, 9.17) is 5.41 Å². The van der Waals surface area contributed by atoms with Crippen LogP contribution in [-0.4, -0.2) is 10.7 Å². The second-order valence-corrected chi connectivity index (χ2v) is 6.25. The van der Waals surface area contributed by atoms with Crippen molar-refractivity contribution in [2.75, 3.05) is 5.32 Å². The smallest absolute Gasteiger partial charge is 0.123 e. The second-order valence-electron chi connectivity index (χ2n) is 6.25. The summed E-state index contributed by atoms with van der Waals surface area (Å²) in [7, 11) is 0. The van der Waals surface area contributed by atoms with Crippen LogP contribution >= 0.6 is 0 Å². The van der Waals surface area contributed by atoms with E-state index >= 15 is 0 Å². The fourth-order valence-corrected chi connectivity index (χ4v) is 2.91. The fraction of sp³-hybridized carbons (Fsp3) is 0.238. The molecule has 0 fully saturated rings. The Bertz CT molecular complexity index is 901. The molecule has 1 heterocycles. The lowest BCUT2D eigenvalue weighted by atomic mass is 10.0. The Morgan fingerprint density at radius 1 is 1.12 bits per heavy atom. The van der Waals surface area contributed by atoms with Crippen LogP contribution in [0.5, 0.6) is 0 Å². The van der Waals surface area contributed by atoms with E-state index in [0.29, 0.717) is 12.3 Å². The Hall–Kier alpha value is -2.75. The van der Waals surface area contributed by atoms with Crippen molar-refractivity contribution in [3.05, 3.63) is 71.2 Å². The van der Waals surface area contributed by atoms with Gasteiger partial charge in [0.1, 0.15) is 5.82 Å². The molecule has 0 saturated carbocycles. The van der Waals surface area contributed by atoms with Gasteiger partial charge in [-0.15, -0.1) is 0 Å². The molecule has 0 aliphatic rings. The third-order valence-corrected chi connectivity index (χ3v) is 4.17. The molecular formula is C21H22FN3. The molecule has 0 aliphatic heterocycles. The van der Waals surface area contributed by atoms with Gasteiger partial charge in [0.2, 0.25) is 0 Å². The zero-order valence-electron chi connectivity index (χ0n) is 14.6. The number of pyridine rings is 1. The maximum absolute atomic E-state index is 13.0.